The summed E-state index contributed by atoms with van der Waals surface area (Å²) in [5.74, 6) is 0.532. The van der Waals surface area contributed by atoms with E-state index in [-0.39, 0.29) is 11.8 Å². The van der Waals surface area contributed by atoms with Crippen LogP contribution in [-0.2, 0) is 11.8 Å². The smallest absolute Gasteiger partial charge is 0.223 e. The fourth-order valence-electron chi connectivity index (χ4n) is 2.49. The molecule has 1 aromatic heterocycles. The number of carbonyl (C=O) groups is 1. The number of amides is 1. The molecule has 1 fully saturated rings. The molecule has 1 heterocycles. The number of nitrogens with zero attached hydrogens (tertiary/aromatic N) is 2. The topological polar surface area (TPSA) is 46.9 Å². The molecule has 0 bridgehead atoms. The molecule has 0 radical (unpaired) electrons. The summed E-state index contributed by atoms with van der Waals surface area (Å²) < 4.78 is 1.89. The maximum absolute atomic E-state index is 11.6. The van der Waals surface area contributed by atoms with Gasteiger partial charge in [0.2, 0.25) is 5.91 Å². The Bertz CT molecular complexity index is 587. The van der Waals surface area contributed by atoms with Gasteiger partial charge >= 0.3 is 0 Å². The van der Waals surface area contributed by atoms with Crippen molar-refractivity contribution in [1.29, 1.82) is 0 Å². The molecule has 88 valence electrons. The predicted octanol–water partition coefficient (Wildman–Crippen LogP) is 1.42. The number of carbonyl (C=O) groups excluding carboxylic acids is 1. The van der Waals surface area contributed by atoms with Crippen molar-refractivity contribution in [3.8, 4) is 0 Å². The molecule has 4 nitrogen and oxygen atoms in total. The molecule has 4 heteroatoms. The first-order chi connectivity index (χ1) is 8.22. The molecule has 0 unspecified atom stereocenters. The van der Waals surface area contributed by atoms with Gasteiger partial charge in [0, 0.05) is 31.3 Å². The van der Waals surface area contributed by atoms with Gasteiger partial charge in [-0.15, -0.1) is 0 Å². The number of benzene rings is 1. The van der Waals surface area contributed by atoms with Crippen LogP contribution in [0.1, 0.15) is 18.0 Å². The van der Waals surface area contributed by atoms with E-state index in [1.54, 1.807) is 7.05 Å². The highest BCUT2D eigenvalue weighted by Crippen LogP contribution is 2.48. The lowest BCUT2D eigenvalue weighted by Crippen LogP contribution is -2.20. The largest absolute Gasteiger partial charge is 0.359 e. The molecule has 1 aliphatic rings. The highest BCUT2D eigenvalue weighted by Gasteiger charge is 2.45. The van der Waals surface area contributed by atoms with Gasteiger partial charge in [-0.2, -0.15) is 5.10 Å². The summed E-state index contributed by atoms with van der Waals surface area (Å²) in [5.41, 5.74) is 2.20. The van der Waals surface area contributed by atoms with Crippen LogP contribution in [0.5, 0.6) is 0 Å². The van der Waals surface area contributed by atoms with Crippen LogP contribution >= 0.6 is 0 Å². The number of hydrogen-bond donors (Lipinski definition) is 1. The molecule has 2 atom stereocenters. The molecular formula is C13H15N3O. The standard InChI is InChI=1S/C13H15N3O/c1-14-13(17)10-7-9(10)12-8-5-3-4-6-11(8)16(2)15-12/h3-6,9-10H,7H2,1-2H3,(H,14,17)/t9-,10-/m1/s1. The Morgan fingerprint density at radius 1 is 1.47 bits per heavy atom. The zero-order valence-corrected chi connectivity index (χ0v) is 9.97. The van der Waals surface area contributed by atoms with Gasteiger partial charge < -0.3 is 5.32 Å². The van der Waals surface area contributed by atoms with Gasteiger partial charge in [-0.1, -0.05) is 18.2 Å². The van der Waals surface area contributed by atoms with Gasteiger partial charge in [-0.25, -0.2) is 0 Å². The van der Waals surface area contributed by atoms with E-state index in [9.17, 15) is 4.79 Å². The zero-order chi connectivity index (χ0) is 12.0. The Balaban J connectivity index is 2.00. The van der Waals surface area contributed by atoms with Crippen molar-refractivity contribution >= 4 is 16.8 Å². The van der Waals surface area contributed by atoms with Crippen LogP contribution in [0.15, 0.2) is 24.3 Å². The van der Waals surface area contributed by atoms with Crippen LogP contribution in [0.3, 0.4) is 0 Å². The second kappa shape index (κ2) is 3.58. The molecule has 0 aliphatic heterocycles. The lowest BCUT2D eigenvalue weighted by Gasteiger charge is -1.96. The minimum atomic E-state index is 0.110. The number of aryl methyl sites for hydroxylation is 1. The first-order valence-corrected chi connectivity index (χ1v) is 5.85. The molecule has 1 aliphatic carbocycles. The van der Waals surface area contributed by atoms with Crippen molar-refractivity contribution in [3.05, 3.63) is 30.0 Å². The summed E-state index contributed by atoms with van der Waals surface area (Å²) in [4.78, 5) is 11.6. The Kier molecular flexibility index (Phi) is 2.18. The maximum atomic E-state index is 11.6. The summed E-state index contributed by atoms with van der Waals surface area (Å²) in [5, 5.41) is 8.44. The van der Waals surface area contributed by atoms with Gasteiger partial charge in [-0.05, 0) is 12.5 Å². The van der Waals surface area contributed by atoms with E-state index in [1.165, 1.54) is 5.39 Å². The van der Waals surface area contributed by atoms with Gasteiger partial charge in [-0.3, -0.25) is 9.48 Å². The number of fused-ring (bicyclic) bond motifs is 1. The fraction of sp³-hybridized carbons (Fsp3) is 0.385. The van der Waals surface area contributed by atoms with Crippen molar-refractivity contribution in [2.75, 3.05) is 7.05 Å². The highest BCUT2D eigenvalue weighted by molar-refractivity contribution is 5.87. The molecule has 3 rings (SSSR count). The van der Waals surface area contributed by atoms with Gasteiger partial charge in [0.25, 0.3) is 0 Å². The molecule has 1 saturated carbocycles. The second-order valence-electron chi connectivity index (χ2n) is 4.59. The Labute approximate surface area is 99.6 Å². The molecule has 1 aromatic carbocycles. The average molecular weight is 229 g/mol. The van der Waals surface area contributed by atoms with E-state index < -0.39 is 0 Å². The van der Waals surface area contributed by atoms with Crippen molar-refractivity contribution < 1.29 is 4.79 Å². The summed E-state index contributed by atoms with van der Waals surface area (Å²) in [6, 6.07) is 8.17. The third-order valence-electron chi connectivity index (χ3n) is 3.51. The van der Waals surface area contributed by atoms with E-state index in [0.29, 0.717) is 5.92 Å². The fourth-order valence-corrected chi connectivity index (χ4v) is 2.49. The first kappa shape index (κ1) is 10.3. The lowest BCUT2D eigenvalue weighted by molar-refractivity contribution is -0.121. The number of hydrogen-bond acceptors (Lipinski definition) is 2. The van der Waals surface area contributed by atoms with Gasteiger partial charge in [0.15, 0.2) is 0 Å². The molecule has 0 spiro atoms. The van der Waals surface area contributed by atoms with Crippen LogP contribution in [-0.4, -0.2) is 22.7 Å². The molecule has 17 heavy (non-hydrogen) atoms. The molecule has 0 saturated heterocycles. The summed E-state index contributed by atoms with van der Waals surface area (Å²) in [7, 11) is 3.64. The second-order valence-corrected chi connectivity index (χ2v) is 4.59. The van der Waals surface area contributed by atoms with Crippen LogP contribution in [0, 0.1) is 5.92 Å². The highest BCUT2D eigenvalue weighted by atomic mass is 16.1. The Hall–Kier alpha value is -1.84. The third-order valence-corrected chi connectivity index (χ3v) is 3.51. The monoisotopic (exact) mass is 229 g/mol. The van der Waals surface area contributed by atoms with Crippen LogP contribution in [0.4, 0.5) is 0 Å². The van der Waals surface area contributed by atoms with Crippen molar-refractivity contribution in [3.63, 3.8) is 0 Å². The maximum Gasteiger partial charge on any atom is 0.223 e. The van der Waals surface area contributed by atoms with E-state index in [0.717, 1.165) is 17.6 Å². The minimum absolute atomic E-state index is 0.110. The molecular weight excluding hydrogens is 214 g/mol. The third kappa shape index (κ3) is 1.52. The normalized spacial score (nSPS) is 22.7. The predicted molar refractivity (Wildman–Crippen MR) is 65.6 cm³/mol. The van der Waals surface area contributed by atoms with E-state index in [4.69, 9.17) is 0 Å². The van der Waals surface area contributed by atoms with E-state index in [1.807, 2.05) is 23.9 Å². The van der Waals surface area contributed by atoms with E-state index in [2.05, 4.69) is 22.5 Å². The quantitative estimate of drug-likeness (QED) is 0.846. The average Bonchev–Trinajstić information content (AvgIpc) is 3.09. The Morgan fingerprint density at radius 2 is 2.24 bits per heavy atom. The number of para-hydroxylation sites is 1. The van der Waals surface area contributed by atoms with Crippen LogP contribution in [0.2, 0.25) is 0 Å². The molecule has 1 N–H and O–H groups in total. The van der Waals surface area contributed by atoms with Crippen molar-refractivity contribution in [2.45, 2.75) is 12.3 Å². The first-order valence-electron chi connectivity index (χ1n) is 5.85. The molecule has 2 aromatic rings. The van der Waals surface area contributed by atoms with Crippen LogP contribution < -0.4 is 5.32 Å². The van der Waals surface area contributed by atoms with Crippen LogP contribution in [0.25, 0.3) is 10.9 Å². The Morgan fingerprint density at radius 3 is 3.00 bits per heavy atom. The van der Waals surface area contributed by atoms with Gasteiger partial charge in [0.1, 0.15) is 0 Å². The van der Waals surface area contributed by atoms with Gasteiger partial charge in [0.05, 0.1) is 11.2 Å². The van der Waals surface area contributed by atoms with Crippen molar-refractivity contribution in [2.24, 2.45) is 13.0 Å². The summed E-state index contributed by atoms with van der Waals surface area (Å²) in [6.07, 6.45) is 0.917. The lowest BCUT2D eigenvalue weighted by atomic mass is 10.1. The number of nitrogens with one attached hydrogen (secondary N) is 1. The summed E-state index contributed by atoms with van der Waals surface area (Å²) >= 11 is 0. The number of rotatable bonds is 2. The van der Waals surface area contributed by atoms with E-state index >= 15 is 0 Å². The van der Waals surface area contributed by atoms with Crippen molar-refractivity contribution in [1.82, 2.24) is 15.1 Å². The number of aromatic nitrogens is 2. The zero-order valence-electron chi connectivity index (χ0n) is 9.97. The SMILES string of the molecule is CNC(=O)[C@@H]1C[C@H]1c1nn(C)c2ccccc12. The molecule has 1 amide bonds. The minimum Gasteiger partial charge on any atom is -0.359 e. The summed E-state index contributed by atoms with van der Waals surface area (Å²) in [6.45, 7) is 0.